The van der Waals surface area contributed by atoms with E-state index in [-0.39, 0.29) is 5.75 Å². The first-order valence-electron chi connectivity index (χ1n) is 5.88. The zero-order chi connectivity index (χ0) is 14.7. The molecule has 0 aliphatic rings. The Labute approximate surface area is 113 Å². The number of aliphatic carboxylic acids is 1. The molecule has 2 N–H and O–H groups in total. The van der Waals surface area contributed by atoms with Gasteiger partial charge in [-0.1, -0.05) is 51.1 Å². The summed E-state index contributed by atoms with van der Waals surface area (Å²) in [6.07, 6.45) is 0. The smallest absolute Gasteiger partial charge is 0.326 e. The summed E-state index contributed by atoms with van der Waals surface area (Å²) in [5, 5.41) is 9.16. The highest BCUT2D eigenvalue weighted by molar-refractivity contribution is 7.89. The third-order valence-corrected chi connectivity index (χ3v) is 4.14. The van der Waals surface area contributed by atoms with Gasteiger partial charge in [-0.3, -0.25) is 4.79 Å². The molecule has 0 bridgehead atoms. The van der Waals surface area contributed by atoms with Crippen LogP contribution in [0.2, 0.25) is 0 Å². The van der Waals surface area contributed by atoms with Crippen LogP contribution in [0.5, 0.6) is 0 Å². The summed E-state index contributed by atoms with van der Waals surface area (Å²) in [7, 11) is -3.66. The van der Waals surface area contributed by atoms with Crippen LogP contribution in [0.4, 0.5) is 0 Å². The van der Waals surface area contributed by atoms with Crippen molar-refractivity contribution in [3.05, 3.63) is 35.9 Å². The molecule has 1 rings (SSSR count). The number of rotatable bonds is 5. The van der Waals surface area contributed by atoms with Crippen molar-refractivity contribution in [1.82, 2.24) is 4.72 Å². The van der Waals surface area contributed by atoms with Gasteiger partial charge in [-0.15, -0.1) is 0 Å². The van der Waals surface area contributed by atoms with E-state index in [4.69, 9.17) is 5.11 Å². The van der Waals surface area contributed by atoms with Gasteiger partial charge in [0.25, 0.3) is 0 Å². The van der Waals surface area contributed by atoms with Crippen LogP contribution in [0.1, 0.15) is 32.4 Å². The molecule has 1 atom stereocenters. The maximum Gasteiger partial charge on any atom is 0.326 e. The van der Waals surface area contributed by atoms with Crippen LogP contribution in [-0.4, -0.2) is 25.2 Å². The van der Waals surface area contributed by atoms with Gasteiger partial charge >= 0.3 is 5.97 Å². The molecule has 0 spiro atoms. The number of sulfonamides is 1. The van der Waals surface area contributed by atoms with Gasteiger partial charge in [0, 0.05) is 0 Å². The molecule has 106 valence electrons. The van der Waals surface area contributed by atoms with Crippen LogP contribution >= 0.6 is 0 Å². The van der Waals surface area contributed by atoms with E-state index in [1.165, 1.54) is 0 Å². The fourth-order valence-electron chi connectivity index (χ4n) is 1.70. The van der Waals surface area contributed by atoms with E-state index in [0.29, 0.717) is 5.56 Å². The highest BCUT2D eigenvalue weighted by Gasteiger charge is 2.28. The Balaban J connectivity index is 2.96. The number of benzene rings is 1. The number of carboxylic acids is 1. The van der Waals surface area contributed by atoms with Gasteiger partial charge in [-0.05, 0) is 11.0 Å². The summed E-state index contributed by atoms with van der Waals surface area (Å²) in [5.74, 6) is -1.35. The minimum atomic E-state index is -3.66. The molecule has 1 aromatic carbocycles. The first-order chi connectivity index (χ1) is 8.61. The van der Waals surface area contributed by atoms with Crippen molar-refractivity contribution < 1.29 is 18.3 Å². The second-order valence-corrected chi connectivity index (χ2v) is 7.37. The normalized spacial score (nSPS) is 14.1. The van der Waals surface area contributed by atoms with Crippen molar-refractivity contribution in [1.29, 1.82) is 0 Å². The Kier molecular flexibility index (Phi) is 4.70. The molecule has 0 saturated carbocycles. The molecule has 0 heterocycles. The van der Waals surface area contributed by atoms with Crippen LogP contribution < -0.4 is 4.72 Å². The highest BCUT2D eigenvalue weighted by atomic mass is 32.2. The van der Waals surface area contributed by atoms with Crippen molar-refractivity contribution in [3.63, 3.8) is 0 Å². The maximum absolute atomic E-state index is 12.0. The van der Waals surface area contributed by atoms with Crippen LogP contribution in [0.15, 0.2) is 30.3 Å². The Morgan fingerprint density at radius 2 is 1.79 bits per heavy atom. The standard InChI is InChI=1S/C13H19NO4S/c1-13(2,3)9-19(17,18)14-11(12(15)16)10-7-5-4-6-8-10/h4-8,11,14H,9H2,1-3H3,(H,15,16). The lowest BCUT2D eigenvalue weighted by Crippen LogP contribution is -2.38. The van der Waals surface area contributed by atoms with E-state index in [2.05, 4.69) is 4.72 Å². The van der Waals surface area contributed by atoms with E-state index in [1.54, 1.807) is 51.1 Å². The van der Waals surface area contributed by atoms with E-state index in [9.17, 15) is 13.2 Å². The predicted octanol–water partition coefficient (Wildman–Crippen LogP) is 1.78. The summed E-state index contributed by atoms with van der Waals surface area (Å²) in [6, 6.07) is 6.99. The molecule has 0 amide bonds. The molecular formula is C13H19NO4S. The van der Waals surface area contributed by atoms with Gasteiger partial charge in [-0.2, -0.15) is 4.72 Å². The molecule has 0 aliphatic carbocycles. The van der Waals surface area contributed by atoms with Gasteiger partial charge in [0.1, 0.15) is 6.04 Å². The first kappa shape index (κ1) is 15.7. The van der Waals surface area contributed by atoms with Crippen molar-refractivity contribution >= 4 is 16.0 Å². The molecular weight excluding hydrogens is 266 g/mol. The van der Waals surface area contributed by atoms with Crippen molar-refractivity contribution in [2.75, 3.05) is 5.75 Å². The Hall–Kier alpha value is -1.40. The summed E-state index contributed by atoms with van der Waals surface area (Å²) >= 11 is 0. The number of nitrogens with one attached hydrogen (secondary N) is 1. The predicted molar refractivity (Wildman–Crippen MR) is 73.2 cm³/mol. The van der Waals surface area contributed by atoms with Crippen molar-refractivity contribution in [2.45, 2.75) is 26.8 Å². The molecule has 1 unspecified atom stereocenters. The maximum atomic E-state index is 12.0. The fraction of sp³-hybridized carbons (Fsp3) is 0.462. The summed E-state index contributed by atoms with van der Waals surface area (Å²) < 4.78 is 26.2. The monoisotopic (exact) mass is 285 g/mol. The lowest BCUT2D eigenvalue weighted by Gasteiger charge is -2.21. The summed E-state index contributed by atoms with van der Waals surface area (Å²) in [6.45, 7) is 5.35. The molecule has 0 saturated heterocycles. The zero-order valence-corrected chi connectivity index (χ0v) is 12.1. The third-order valence-electron chi connectivity index (χ3n) is 2.30. The largest absolute Gasteiger partial charge is 0.480 e. The number of carboxylic acid groups (broad SMARTS) is 1. The summed E-state index contributed by atoms with van der Waals surface area (Å²) in [5.41, 5.74) is -0.0292. The second-order valence-electron chi connectivity index (χ2n) is 5.62. The molecule has 6 heteroatoms. The molecule has 5 nitrogen and oxygen atoms in total. The van der Waals surface area contributed by atoms with Crippen LogP contribution in [0.3, 0.4) is 0 Å². The van der Waals surface area contributed by atoms with Crippen LogP contribution in [-0.2, 0) is 14.8 Å². The van der Waals surface area contributed by atoms with Gasteiger partial charge in [0.2, 0.25) is 10.0 Å². The van der Waals surface area contributed by atoms with Gasteiger partial charge in [0.05, 0.1) is 5.75 Å². The molecule has 0 aromatic heterocycles. The van der Waals surface area contributed by atoms with Gasteiger partial charge < -0.3 is 5.11 Å². The zero-order valence-electron chi connectivity index (χ0n) is 11.3. The average molecular weight is 285 g/mol. The topological polar surface area (TPSA) is 83.5 Å². The molecule has 19 heavy (non-hydrogen) atoms. The van der Waals surface area contributed by atoms with E-state index < -0.39 is 27.4 Å². The average Bonchev–Trinajstić information content (AvgIpc) is 2.23. The molecule has 1 aromatic rings. The summed E-state index contributed by atoms with van der Waals surface area (Å²) in [4.78, 5) is 11.2. The lowest BCUT2D eigenvalue weighted by molar-refractivity contribution is -0.139. The minimum absolute atomic E-state index is 0.128. The van der Waals surface area contributed by atoms with E-state index in [0.717, 1.165) is 0 Å². The van der Waals surface area contributed by atoms with Crippen LogP contribution in [0, 0.1) is 5.41 Å². The molecule has 0 radical (unpaired) electrons. The highest BCUT2D eigenvalue weighted by Crippen LogP contribution is 2.19. The van der Waals surface area contributed by atoms with E-state index >= 15 is 0 Å². The Morgan fingerprint density at radius 1 is 1.26 bits per heavy atom. The van der Waals surface area contributed by atoms with E-state index in [1.807, 2.05) is 0 Å². The molecule has 0 fully saturated rings. The Morgan fingerprint density at radius 3 is 2.21 bits per heavy atom. The van der Waals surface area contributed by atoms with Gasteiger partial charge in [-0.25, -0.2) is 8.42 Å². The Bertz CT molecular complexity index is 532. The number of hydrogen-bond acceptors (Lipinski definition) is 3. The number of carbonyl (C=O) groups is 1. The van der Waals surface area contributed by atoms with Crippen LogP contribution in [0.25, 0.3) is 0 Å². The van der Waals surface area contributed by atoms with Crippen molar-refractivity contribution in [2.24, 2.45) is 5.41 Å². The van der Waals surface area contributed by atoms with Crippen molar-refractivity contribution in [3.8, 4) is 0 Å². The third kappa shape index (κ3) is 5.40. The second kappa shape index (κ2) is 5.71. The fourth-order valence-corrected chi connectivity index (χ4v) is 3.52. The SMILES string of the molecule is CC(C)(C)CS(=O)(=O)NC(C(=O)O)c1ccccc1. The minimum Gasteiger partial charge on any atom is -0.480 e. The lowest BCUT2D eigenvalue weighted by atomic mass is 10.0. The van der Waals surface area contributed by atoms with Gasteiger partial charge in [0.15, 0.2) is 0 Å². The quantitative estimate of drug-likeness (QED) is 0.863. The number of hydrogen-bond donors (Lipinski definition) is 2. The molecule has 0 aliphatic heterocycles. The first-order valence-corrected chi connectivity index (χ1v) is 7.54.